The van der Waals surface area contributed by atoms with Gasteiger partial charge in [-0.15, -0.1) is 11.3 Å². The van der Waals surface area contributed by atoms with Gasteiger partial charge in [0.25, 0.3) is 0 Å². The fourth-order valence-electron chi connectivity index (χ4n) is 6.54. The lowest BCUT2D eigenvalue weighted by Gasteiger charge is -2.40. The molecule has 0 aromatic carbocycles. The normalized spacial score (nSPS) is 25.7. The molecule has 10 heteroatoms. The number of thiophene rings is 1. The van der Waals surface area contributed by atoms with Crippen molar-refractivity contribution < 1.29 is 9.53 Å². The Morgan fingerprint density at radius 1 is 1.29 bits per heavy atom. The number of nitrogens with two attached hydrogens (primary N) is 2. The minimum atomic E-state index is -0.759. The first kappa shape index (κ1) is 26.4. The quantitative estimate of drug-likeness (QED) is 0.550. The largest absolute Gasteiger partial charge is 0.473 e. The smallest absolute Gasteiger partial charge is 0.219 e. The van der Waals surface area contributed by atoms with E-state index in [0.717, 1.165) is 49.1 Å². The van der Waals surface area contributed by atoms with E-state index in [-0.39, 0.29) is 11.9 Å². The fraction of sp³-hybridized carbons (Fsp3) is 0.571. The summed E-state index contributed by atoms with van der Waals surface area (Å²) in [4.78, 5) is 28.9. The van der Waals surface area contributed by atoms with Crippen LogP contribution in [0.25, 0.3) is 5.70 Å². The number of nitriles is 1. The van der Waals surface area contributed by atoms with E-state index in [2.05, 4.69) is 24.9 Å². The number of Topliss-reactive ketones (excluding diaryl/α,β-unsaturated/α-hetero) is 1. The highest BCUT2D eigenvalue weighted by Crippen LogP contribution is 2.52. The Bertz CT molecular complexity index is 1330. The van der Waals surface area contributed by atoms with Gasteiger partial charge in [-0.2, -0.15) is 10.2 Å². The van der Waals surface area contributed by atoms with Gasteiger partial charge in [0.1, 0.15) is 23.0 Å². The van der Waals surface area contributed by atoms with Crippen molar-refractivity contribution in [3.8, 4) is 11.9 Å². The van der Waals surface area contributed by atoms with Crippen LogP contribution in [0.3, 0.4) is 0 Å². The van der Waals surface area contributed by atoms with E-state index in [1.165, 1.54) is 11.3 Å². The lowest BCUT2D eigenvalue weighted by molar-refractivity contribution is -0.122. The molecule has 1 saturated heterocycles. The number of likely N-dealkylation sites (tertiary alicyclic amines) is 1. The van der Waals surface area contributed by atoms with Crippen LogP contribution in [-0.2, 0) is 16.6 Å². The Kier molecular flexibility index (Phi) is 7.09. The molecule has 2 aromatic heterocycles. The van der Waals surface area contributed by atoms with Gasteiger partial charge in [-0.1, -0.05) is 0 Å². The SMILES string of the molecule is C[C@H](Oc1cc(N(C)C)nc(C(N)=C2CCC[C@@]3(CCCc4sc(N)c(C#N)c43)C2=O)n1)[C@@H]1CCCN1C. The van der Waals surface area contributed by atoms with Crippen LogP contribution in [-0.4, -0.2) is 60.5 Å². The number of ether oxygens (including phenoxy) is 1. The average Bonchev–Trinajstić information content (AvgIpc) is 3.47. The van der Waals surface area contributed by atoms with Gasteiger partial charge in [-0.3, -0.25) is 9.69 Å². The molecule has 1 spiro atoms. The second-order valence-electron chi connectivity index (χ2n) is 11.1. The van der Waals surface area contributed by atoms with Crippen LogP contribution in [0.15, 0.2) is 11.6 Å². The van der Waals surface area contributed by atoms with Crippen molar-refractivity contribution in [2.75, 3.05) is 38.3 Å². The predicted molar refractivity (Wildman–Crippen MR) is 150 cm³/mol. The Morgan fingerprint density at radius 2 is 2.03 bits per heavy atom. The summed E-state index contributed by atoms with van der Waals surface area (Å²) in [7, 11) is 5.93. The summed E-state index contributed by atoms with van der Waals surface area (Å²) in [5.74, 6) is 1.40. The number of allylic oxidation sites excluding steroid dienone is 1. The number of hydrogen-bond donors (Lipinski definition) is 2. The average molecular weight is 536 g/mol. The van der Waals surface area contributed by atoms with Gasteiger partial charge in [0.2, 0.25) is 5.88 Å². The maximum atomic E-state index is 14.3. The molecular formula is C28H37N7O2S. The van der Waals surface area contributed by atoms with Gasteiger partial charge in [0, 0.05) is 36.7 Å². The molecule has 5 rings (SSSR count). The molecule has 0 radical (unpaired) electrons. The summed E-state index contributed by atoms with van der Waals surface area (Å²) in [6.07, 6.45) is 6.65. The number of anilines is 2. The lowest BCUT2D eigenvalue weighted by Crippen LogP contribution is -2.43. The Balaban J connectivity index is 1.54. The monoisotopic (exact) mass is 535 g/mol. The highest BCUT2D eigenvalue weighted by Gasteiger charge is 2.49. The van der Waals surface area contributed by atoms with Crippen LogP contribution >= 0.6 is 11.3 Å². The fourth-order valence-corrected chi connectivity index (χ4v) is 7.70. The van der Waals surface area contributed by atoms with Crippen molar-refractivity contribution in [1.29, 1.82) is 5.26 Å². The zero-order chi connectivity index (χ0) is 27.2. The van der Waals surface area contributed by atoms with Crippen molar-refractivity contribution in [2.24, 2.45) is 5.73 Å². The third-order valence-electron chi connectivity index (χ3n) is 8.48. The Labute approximate surface area is 228 Å². The van der Waals surface area contributed by atoms with Crippen molar-refractivity contribution in [1.82, 2.24) is 14.9 Å². The summed E-state index contributed by atoms with van der Waals surface area (Å²) in [6, 6.07) is 4.42. The van der Waals surface area contributed by atoms with Gasteiger partial charge in [-0.25, -0.2) is 4.98 Å². The van der Waals surface area contributed by atoms with Crippen molar-refractivity contribution >= 4 is 33.6 Å². The number of ketones is 1. The number of aromatic nitrogens is 2. The van der Waals surface area contributed by atoms with Gasteiger partial charge in [0.05, 0.1) is 16.7 Å². The molecular weight excluding hydrogens is 498 g/mol. The number of nitrogens with zero attached hydrogens (tertiary/aromatic N) is 5. The summed E-state index contributed by atoms with van der Waals surface area (Å²) in [6.45, 7) is 3.13. The van der Waals surface area contributed by atoms with Crippen LogP contribution in [0, 0.1) is 11.3 Å². The van der Waals surface area contributed by atoms with Crippen LogP contribution in [0.5, 0.6) is 5.88 Å². The molecule has 9 nitrogen and oxygen atoms in total. The molecule has 3 atom stereocenters. The number of likely N-dealkylation sites (N-methyl/N-ethyl adjacent to an activating group) is 1. The first-order valence-corrected chi connectivity index (χ1v) is 14.3. The van der Waals surface area contributed by atoms with E-state index in [9.17, 15) is 10.1 Å². The summed E-state index contributed by atoms with van der Waals surface area (Å²) < 4.78 is 6.32. The zero-order valence-corrected chi connectivity index (χ0v) is 23.5. The van der Waals surface area contributed by atoms with Gasteiger partial charge in [-0.05, 0) is 77.4 Å². The molecule has 1 saturated carbocycles. The van der Waals surface area contributed by atoms with E-state index >= 15 is 0 Å². The first-order chi connectivity index (χ1) is 18.2. The number of rotatable bonds is 5. The van der Waals surface area contributed by atoms with E-state index in [0.29, 0.717) is 64.7 Å². The molecule has 4 N–H and O–H groups in total. The molecule has 3 aliphatic rings. The van der Waals surface area contributed by atoms with Crippen molar-refractivity contribution in [3.05, 3.63) is 33.5 Å². The molecule has 38 heavy (non-hydrogen) atoms. The van der Waals surface area contributed by atoms with Gasteiger partial charge < -0.3 is 21.1 Å². The van der Waals surface area contributed by atoms with Crippen LogP contribution in [0.1, 0.15) is 73.7 Å². The summed E-state index contributed by atoms with van der Waals surface area (Å²) >= 11 is 1.45. The molecule has 0 unspecified atom stereocenters. The van der Waals surface area contributed by atoms with E-state index in [1.807, 2.05) is 25.1 Å². The number of carbonyl (C=O) groups is 1. The summed E-state index contributed by atoms with van der Waals surface area (Å²) in [5, 5.41) is 10.4. The van der Waals surface area contributed by atoms with E-state index < -0.39 is 5.41 Å². The molecule has 202 valence electrons. The number of hydrogen-bond acceptors (Lipinski definition) is 10. The molecule has 2 aliphatic carbocycles. The van der Waals surface area contributed by atoms with Gasteiger partial charge >= 0.3 is 0 Å². The minimum Gasteiger partial charge on any atom is -0.473 e. The van der Waals surface area contributed by atoms with Crippen LogP contribution in [0.2, 0.25) is 0 Å². The minimum absolute atomic E-state index is 0.0150. The molecule has 3 heterocycles. The highest BCUT2D eigenvalue weighted by molar-refractivity contribution is 7.16. The van der Waals surface area contributed by atoms with Crippen LogP contribution < -0.4 is 21.1 Å². The van der Waals surface area contributed by atoms with Crippen molar-refractivity contribution in [2.45, 2.75) is 75.9 Å². The Morgan fingerprint density at radius 3 is 2.68 bits per heavy atom. The molecule has 2 fully saturated rings. The summed E-state index contributed by atoms with van der Waals surface area (Å²) in [5.41, 5.74) is 14.3. The number of nitrogen functional groups attached to an aromatic ring is 1. The van der Waals surface area contributed by atoms with Gasteiger partial charge in [0.15, 0.2) is 11.6 Å². The second kappa shape index (κ2) is 10.2. The van der Waals surface area contributed by atoms with Crippen LogP contribution in [0.4, 0.5) is 10.8 Å². The third kappa shape index (κ3) is 4.41. The Hall–Kier alpha value is -3.16. The molecule has 1 aliphatic heterocycles. The second-order valence-corrected chi connectivity index (χ2v) is 12.2. The lowest BCUT2D eigenvalue weighted by atomic mass is 9.61. The molecule has 0 amide bonds. The maximum Gasteiger partial charge on any atom is 0.219 e. The highest BCUT2D eigenvalue weighted by atomic mass is 32.1. The maximum absolute atomic E-state index is 14.3. The third-order valence-corrected chi connectivity index (χ3v) is 9.56. The predicted octanol–water partition coefficient (Wildman–Crippen LogP) is 3.62. The first-order valence-electron chi connectivity index (χ1n) is 13.4. The number of fused-ring (bicyclic) bond motifs is 2. The topological polar surface area (TPSA) is 134 Å². The van der Waals surface area contributed by atoms with E-state index in [1.54, 1.807) is 0 Å². The number of carbonyl (C=O) groups excluding carboxylic acids is 1. The number of aryl methyl sites for hydroxylation is 1. The standard InChI is InChI=1S/C28H37N7O2S/c1-16(19-9-7-13-35(19)4)37-22-14-21(34(2)3)32-27(33-22)24(30)17-8-5-11-28(25(17)36)12-6-10-20-23(28)18(15-29)26(31)38-20/h14,16,19H,5-13,30-31H2,1-4H3/t16-,19-,28-/m0/s1. The van der Waals surface area contributed by atoms with Crippen molar-refractivity contribution in [3.63, 3.8) is 0 Å². The van der Waals surface area contributed by atoms with E-state index in [4.69, 9.17) is 26.2 Å². The molecule has 2 aromatic rings. The molecule has 0 bridgehead atoms. The zero-order valence-electron chi connectivity index (χ0n) is 22.7.